The molecular formula is C28H35N3O5S. The molecule has 0 aliphatic rings. The SMILES string of the molecule is C#CN(C(=O)C(CCSC)NC(=O)OC(C)(C)C)C(C(=O)Nc1ccc(OC)cc1)c1ccccc1C. The average molecular weight is 526 g/mol. The maximum absolute atomic E-state index is 13.8. The largest absolute Gasteiger partial charge is 0.497 e. The maximum Gasteiger partial charge on any atom is 0.408 e. The van der Waals surface area contributed by atoms with Crippen LogP contribution in [-0.4, -0.2) is 53.6 Å². The molecule has 2 aromatic rings. The molecule has 0 saturated heterocycles. The average Bonchev–Trinajstić information content (AvgIpc) is 2.84. The highest BCUT2D eigenvalue weighted by Gasteiger charge is 2.36. The third kappa shape index (κ3) is 8.76. The normalized spacial score (nSPS) is 12.5. The van der Waals surface area contributed by atoms with Gasteiger partial charge in [-0.1, -0.05) is 30.7 Å². The number of carbonyl (C=O) groups is 3. The number of alkyl carbamates (subject to hydrolysis) is 1. The van der Waals surface area contributed by atoms with E-state index in [0.717, 1.165) is 10.5 Å². The summed E-state index contributed by atoms with van der Waals surface area (Å²) in [5.74, 6) is 0.142. The number of thioether (sulfide) groups is 1. The Balaban J connectivity index is 2.43. The first kappa shape index (κ1) is 29.6. The molecule has 9 heteroatoms. The Labute approximate surface area is 223 Å². The lowest BCUT2D eigenvalue weighted by atomic mass is 9.98. The van der Waals surface area contributed by atoms with Crippen LogP contribution in [0.15, 0.2) is 48.5 Å². The van der Waals surface area contributed by atoms with Gasteiger partial charge in [-0.15, -0.1) is 0 Å². The van der Waals surface area contributed by atoms with E-state index >= 15 is 0 Å². The molecule has 2 rings (SSSR count). The number of amides is 3. The van der Waals surface area contributed by atoms with Gasteiger partial charge < -0.3 is 20.1 Å². The summed E-state index contributed by atoms with van der Waals surface area (Å²) in [6.45, 7) is 7.04. The first-order valence-electron chi connectivity index (χ1n) is 11.8. The number of ether oxygens (including phenoxy) is 2. The molecule has 2 N–H and O–H groups in total. The Hall–Kier alpha value is -3.64. The van der Waals surface area contributed by atoms with E-state index in [4.69, 9.17) is 15.9 Å². The van der Waals surface area contributed by atoms with Gasteiger partial charge in [0, 0.05) is 11.7 Å². The second-order valence-electron chi connectivity index (χ2n) is 9.29. The van der Waals surface area contributed by atoms with Crippen molar-refractivity contribution in [3.05, 3.63) is 59.7 Å². The van der Waals surface area contributed by atoms with Crippen molar-refractivity contribution in [3.63, 3.8) is 0 Å². The molecule has 0 spiro atoms. The fourth-order valence-electron chi connectivity index (χ4n) is 3.55. The summed E-state index contributed by atoms with van der Waals surface area (Å²) >= 11 is 1.52. The minimum atomic E-state index is -1.14. The van der Waals surface area contributed by atoms with Gasteiger partial charge in [-0.05, 0) is 81.5 Å². The number of nitrogens with one attached hydrogen (secondary N) is 2. The molecule has 2 aromatic carbocycles. The number of benzene rings is 2. The Kier molecular flexibility index (Phi) is 10.9. The van der Waals surface area contributed by atoms with Crippen LogP contribution in [-0.2, 0) is 14.3 Å². The number of terminal acetylenes is 1. The van der Waals surface area contributed by atoms with E-state index in [1.807, 2.05) is 25.3 Å². The zero-order chi connectivity index (χ0) is 27.6. The molecule has 2 unspecified atom stereocenters. The molecule has 3 amide bonds. The van der Waals surface area contributed by atoms with Gasteiger partial charge in [-0.3, -0.25) is 14.5 Å². The molecule has 0 heterocycles. The lowest BCUT2D eigenvalue weighted by Crippen LogP contribution is -2.51. The van der Waals surface area contributed by atoms with Crippen molar-refractivity contribution >= 4 is 35.4 Å². The highest BCUT2D eigenvalue weighted by molar-refractivity contribution is 7.98. The van der Waals surface area contributed by atoms with E-state index in [1.54, 1.807) is 64.3 Å². The number of rotatable bonds is 10. The number of aryl methyl sites for hydroxylation is 1. The van der Waals surface area contributed by atoms with Crippen molar-refractivity contribution in [2.75, 3.05) is 24.4 Å². The molecule has 0 saturated carbocycles. The zero-order valence-corrected chi connectivity index (χ0v) is 23.0. The molecule has 0 aromatic heterocycles. The Morgan fingerprint density at radius 1 is 1.11 bits per heavy atom. The van der Waals surface area contributed by atoms with E-state index in [2.05, 4.69) is 16.7 Å². The van der Waals surface area contributed by atoms with E-state index in [-0.39, 0.29) is 0 Å². The standard InChI is InChI=1S/C28H35N3O5S/c1-8-31(26(33)23(17-18-37-7)30-27(34)36-28(3,4)5)24(22-12-10-9-11-19(22)2)25(32)29-20-13-15-21(35-6)16-14-20/h1,9-16,23-24H,17-18H2,2-7H3,(H,29,32)(H,30,34). The summed E-state index contributed by atoms with van der Waals surface area (Å²) in [7, 11) is 1.55. The molecular weight excluding hydrogens is 490 g/mol. The van der Waals surface area contributed by atoms with Crippen molar-refractivity contribution in [1.29, 1.82) is 0 Å². The van der Waals surface area contributed by atoms with Crippen molar-refractivity contribution in [1.82, 2.24) is 10.2 Å². The van der Waals surface area contributed by atoms with Crippen LogP contribution in [0.5, 0.6) is 5.75 Å². The van der Waals surface area contributed by atoms with Crippen LogP contribution in [0.25, 0.3) is 0 Å². The summed E-state index contributed by atoms with van der Waals surface area (Å²) in [4.78, 5) is 40.9. The van der Waals surface area contributed by atoms with Crippen LogP contribution in [0, 0.1) is 19.4 Å². The Morgan fingerprint density at radius 3 is 2.30 bits per heavy atom. The topological polar surface area (TPSA) is 97.0 Å². The van der Waals surface area contributed by atoms with Gasteiger partial charge in [0.2, 0.25) is 0 Å². The molecule has 0 radical (unpaired) electrons. The number of hydrogen-bond acceptors (Lipinski definition) is 6. The lowest BCUT2D eigenvalue weighted by Gasteiger charge is -2.31. The minimum absolute atomic E-state index is 0.304. The Morgan fingerprint density at radius 2 is 1.76 bits per heavy atom. The van der Waals surface area contributed by atoms with Crippen LogP contribution < -0.4 is 15.4 Å². The fraction of sp³-hybridized carbons (Fsp3) is 0.393. The predicted octanol–water partition coefficient (Wildman–Crippen LogP) is 4.75. The van der Waals surface area contributed by atoms with Crippen LogP contribution in [0.2, 0.25) is 0 Å². The number of anilines is 1. The van der Waals surface area contributed by atoms with Gasteiger partial charge in [-0.25, -0.2) is 4.79 Å². The summed E-state index contributed by atoms with van der Waals surface area (Å²) in [5, 5.41) is 5.48. The first-order chi connectivity index (χ1) is 17.5. The quantitative estimate of drug-likeness (QED) is 0.343. The molecule has 37 heavy (non-hydrogen) atoms. The minimum Gasteiger partial charge on any atom is -0.497 e. The zero-order valence-electron chi connectivity index (χ0n) is 22.2. The van der Waals surface area contributed by atoms with Gasteiger partial charge in [-0.2, -0.15) is 11.8 Å². The summed E-state index contributed by atoms with van der Waals surface area (Å²) in [6.07, 6.45) is 7.30. The summed E-state index contributed by atoms with van der Waals surface area (Å²) in [5.41, 5.74) is 1.12. The molecule has 198 valence electrons. The third-order valence-corrected chi connectivity index (χ3v) is 5.97. The molecule has 0 aliphatic carbocycles. The molecule has 0 bridgehead atoms. The van der Waals surface area contributed by atoms with Gasteiger partial charge in [0.15, 0.2) is 0 Å². The number of carbonyl (C=O) groups excluding carboxylic acids is 3. The van der Waals surface area contributed by atoms with Crippen molar-refractivity contribution in [3.8, 4) is 18.2 Å². The van der Waals surface area contributed by atoms with E-state index in [1.165, 1.54) is 11.8 Å². The van der Waals surface area contributed by atoms with Crippen molar-refractivity contribution in [2.24, 2.45) is 0 Å². The van der Waals surface area contributed by atoms with Crippen molar-refractivity contribution in [2.45, 2.75) is 51.8 Å². The van der Waals surface area contributed by atoms with E-state index in [0.29, 0.717) is 29.2 Å². The van der Waals surface area contributed by atoms with E-state index in [9.17, 15) is 14.4 Å². The van der Waals surface area contributed by atoms with Crippen LogP contribution in [0.4, 0.5) is 10.5 Å². The van der Waals surface area contributed by atoms with Crippen LogP contribution in [0.1, 0.15) is 44.4 Å². The smallest absolute Gasteiger partial charge is 0.408 e. The maximum atomic E-state index is 13.8. The molecule has 0 fully saturated rings. The van der Waals surface area contributed by atoms with E-state index < -0.39 is 35.6 Å². The van der Waals surface area contributed by atoms with Gasteiger partial charge in [0.1, 0.15) is 23.4 Å². The molecule has 0 aliphatic heterocycles. The summed E-state index contributed by atoms with van der Waals surface area (Å²) in [6, 6.07) is 14.3. The first-order valence-corrected chi connectivity index (χ1v) is 13.2. The second-order valence-corrected chi connectivity index (χ2v) is 10.3. The van der Waals surface area contributed by atoms with Crippen molar-refractivity contribution < 1.29 is 23.9 Å². The highest BCUT2D eigenvalue weighted by Crippen LogP contribution is 2.27. The summed E-state index contributed by atoms with van der Waals surface area (Å²) < 4.78 is 10.5. The monoisotopic (exact) mass is 525 g/mol. The lowest BCUT2D eigenvalue weighted by molar-refractivity contribution is -0.136. The number of hydrogen-bond donors (Lipinski definition) is 2. The van der Waals surface area contributed by atoms with Crippen LogP contribution in [0.3, 0.4) is 0 Å². The van der Waals surface area contributed by atoms with Crippen LogP contribution >= 0.6 is 11.8 Å². The predicted molar refractivity (Wildman–Crippen MR) is 147 cm³/mol. The van der Waals surface area contributed by atoms with Gasteiger partial charge >= 0.3 is 6.09 Å². The molecule has 2 atom stereocenters. The second kappa shape index (κ2) is 13.6. The van der Waals surface area contributed by atoms with Gasteiger partial charge in [0.05, 0.1) is 7.11 Å². The number of methoxy groups -OCH3 is 1. The highest BCUT2D eigenvalue weighted by atomic mass is 32.2. The third-order valence-electron chi connectivity index (χ3n) is 5.32. The Bertz CT molecular complexity index is 1120. The molecule has 8 nitrogen and oxygen atoms in total. The number of nitrogens with zero attached hydrogens (tertiary/aromatic N) is 1. The van der Waals surface area contributed by atoms with Gasteiger partial charge in [0.25, 0.3) is 11.8 Å². The fourth-order valence-corrected chi connectivity index (χ4v) is 4.02.